The molecule has 0 aliphatic rings. The van der Waals surface area contributed by atoms with Crippen LogP contribution in [-0.2, 0) is 0 Å². The number of rotatable bonds is 2. The fourth-order valence-electron chi connectivity index (χ4n) is 2.61. The number of ether oxygens (including phenoxy) is 2. The van der Waals surface area contributed by atoms with Crippen molar-refractivity contribution in [1.82, 2.24) is 0 Å². The Labute approximate surface area is 138 Å². The third kappa shape index (κ3) is 2.02. The van der Waals surface area contributed by atoms with Gasteiger partial charge < -0.3 is 18.3 Å². The van der Waals surface area contributed by atoms with Crippen molar-refractivity contribution in [2.45, 2.75) is 0 Å². The Morgan fingerprint density at radius 2 is 1.65 bits per heavy atom. The standard InChI is InChI=1S/C17H11BrO5/c1-20-8-3-4-10-13(7-8)22-16-11-5-9(21-2)6-12(18)15(11)23-17(16)14(10)19/h3-7H,1-2H3. The van der Waals surface area contributed by atoms with E-state index in [-0.39, 0.29) is 11.0 Å². The maximum absolute atomic E-state index is 12.7. The van der Waals surface area contributed by atoms with Crippen molar-refractivity contribution in [2.24, 2.45) is 0 Å². The maximum atomic E-state index is 12.7. The van der Waals surface area contributed by atoms with Gasteiger partial charge in [0.25, 0.3) is 0 Å². The van der Waals surface area contributed by atoms with E-state index < -0.39 is 0 Å². The molecule has 5 nitrogen and oxygen atoms in total. The fraction of sp³-hybridized carbons (Fsp3) is 0.118. The van der Waals surface area contributed by atoms with Gasteiger partial charge in [-0.05, 0) is 40.2 Å². The van der Waals surface area contributed by atoms with E-state index in [4.69, 9.17) is 18.3 Å². The van der Waals surface area contributed by atoms with E-state index in [2.05, 4.69) is 15.9 Å². The molecule has 0 fully saturated rings. The lowest BCUT2D eigenvalue weighted by atomic mass is 10.2. The summed E-state index contributed by atoms with van der Waals surface area (Å²) in [7, 11) is 3.14. The minimum absolute atomic E-state index is 0.187. The number of fused-ring (bicyclic) bond motifs is 4. The topological polar surface area (TPSA) is 61.8 Å². The summed E-state index contributed by atoms with van der Waals surface area (Å²) < 4.78 is 22.8. The third-order valence-electron chi connectivity index (χ3n) is 3.76. The Morgan fingerprint density at radius 1 is 0.870 bits per heavy atom. The quantitative estimate of drug-likeness (QED) is 0.517. The second-order valence-corrected chi connectivity index (χ2v) is 5.89. The molecule has 0 bridgehead atoms. The summed E-state index contributed by atoms with van der Waals surface area (Å²) >= 11 is 3.43. The normalized spacial score (nSPS) is 11.4. The van der Waals surface area contributed by atoms with Crippen molar-refractivity contribution in [3.8, 4) is 11.5 Å². The first-order valence-corrected chi connectivity index (χ1v) is 7.62. The molecule has 2 aromatic heterocycles. The van der Waals surface area contributed by atoms with Crippen LogP contribution in [0.25, 0.3) is 33.1 Å². The van der Waals surface area contributed by atoms with E-state index in [1.807, 2.05) is 0 Å². The van der Waals surface area contributed by atoms with Crippen molar-refractivity contribution in [2.75, 3.05) is 14.2 Å². The highest BCUT2D eigenvalue weighted by Gasteiger charge is 2.18. The summed E-state index contributed by atoms with van der Waals surface area (Å²) in [6, 6.07) is 8.62. The van der Waals surface area contributed by atoms with Crippen LogP contribution >= 0.6 is 15.9 Å². The smallest absolute Gasteiger partial charge is 0.235 e. The molecule has 0 amide bonds. The number of furan rings is 1. The van der Waals surface area contributed by atoms with Crippen molar-refractivity contribution in [3.05, 3.63) is 45.0 Å². The summed E-state index contributed by atoms with van der Waals surface area (Å²) in [5.41, 5.74) is 1.36. The van der Waals surface area contributed by atoms with Crippen LogP contribution in [0.1, 0.15) is 0 Å². The second-order valence-electron chi connectivity index (χ2n) is 5.04. The number of methoxy groups -OCH3 is 2. The average molecular weight is 375 g/mol. The molecular formula is C17H11BrO5. The lowest BCUT2D eigenvalue weighted by Gasteiger charge is -2.02. The van der Waals surface area contributed by atoms with E-state index in [1.54, 1.807) is 44.6 Å². The van der Waals surface area contributed by atoms with E-state index in [1.165, 1.54) is 0 Å². The van der Waals surface area contributed by atoms with Crippen LogP contribution in [0.5, 0.6) is 11.5 Å². The van der Waals surface area contributed by atoms with Gasteiger partial charge in [0.1, 0.15) is 17.1 Å². The molecule has 0 atom stereocenters. The average Bonchev–Trinajstić information content (AvgIpc) is 2.94. The van der Waals surface area contributed by atoms with Gasteiger partial charge in [-0.1, -0.05) is 0 Å². The molecule has 2 heterocycles. The van der Waals surface area contributed by atoms with Crippen molar-refractivity contribution >= 4 is 49.0 Å². The van der Waals surface area contributed by atoms with Crippen LogP contribution in [-0.4, -0.2) is 14.2 Å². The first-order chi connectivity index (χ1) is 11.1. The first kappa shape index (κ1) is 14.1. The number of hydrogen-bond acceptors (Lipinski definition) is 5. The molecule has 4 aromatic rings. The predicted molar refractivity (Wildman–Crippen MR) is 90.6 cm³/mol. The summed E-state index contributed by atoms with van der Waals surface area (Å²) in [4.78, 5) is 12.7. The van der Waals surface area contributed by atoms with Crippen LogP contribution < -0.4 is 14.9 Å². The van der Waals surface area contributed by atoms with Crippen molar-refractivity contribution in [3.63, 3.8) is 0 Å². The molecule has 0 unspecified atom stereocenters. The molecule has 0 aliphatic heterocycles. The Balaban J connectivity index is 2.21. The predicted octanol–water partition coefficient (Wildman–Crippen LogP) is 4.47. The maximum Gasteiger partial charge on any atom is 0.235 e. The van der Waals surface area contributed by atoms with E-state index in [9.17, 15) is 4.79 Å². The van der Waals surface area contributed by atoms with Gasteiger partial charge >= 0.3 is 0 Å². The van der Waals surface area contributed by atoms with E-state index >= 15 is 0 Å². The molecule has 0 spiro atoms. The van der Waals surface area contributed by atoms with Crippen LogP contribution in [0.3, 0.4) is 0 Å². The highest BCUT2D eigenvalue weighted by molar-refractivity contribution is 9.10. The van der Waals surface area contributed by atoms with Crippen LogP contribution in [0.15, 0.2) is 48.4 Å². The van der Waals surface area contributed by atoms with Crippen LogP contribution in [0, 0.1) is 0 Å². The molecule has 116 valence electrons. The van der Waals surface area contributed by atoms with Crippen molar-refractivity contribution < 1.29 is 18.3 Å². The Bertz CT molecular complexity index is 1120. The Hall–Kier alpha value is -2.47. The molecule has 0 N–H and O–H groups in total. The zero-order valence-electron chi connectivity index (χ0n) is 12.3. The van der Waals surface area contributed by atoms with Gasteiger partial charge in [-0.15, -0.1) is 0 Å². The van der Waals surface area contributed by atoms with Gasteiger partial charge in [0.2, 0.25) is 11.0 Å². The summed E-state index contributed by atoms with van der Waals surface area (Å²) in [5.74, 6) is 1.26. The lowest BCUT2D eigenvalue weighted by molar-refractivity contribution is 0.414. The summed E-state index contributed by atoms with van der Waals surface area (Å²) in [6.07, 6.45) is 0. The first-order valence-electron chi connectivity index (χ1n) is 6.83. The Kier molecular flexibility index (Phi) is 3.09. The van der Waals surface area contributed by atoms with Gasteiger partial charge in [-0.3, -0.25) is 4.79 Å². The molecular weight excluding hydrogens is 364 g/mol. The van der Waals surface area contributed by atoms with Gasteiger partial charge in [0.05, 0.1) is 29.5 Å². The highest BCUT2D eigenvalue weighted by Crippen LogP contribution is 2.37. The SMILES string of the molecule is COc1ccc2c(=O)c3oc4c(Br)cc(OC)cc4c3oc2c1. The van der Waals surface area contributed by atoms with Gasteiger partial charge in [-0.2, -0.15) is 0 Å². The Morgan fingerprint density at radius 3 is 2.39 bits per heavy atom. The van der Waals surface area contributed by atoms with Crippen LogP contribution in [0.2, 0.25) is 0 Å². The highest BCUT2D eigenvalue weighted by atomic mass is 79.9. The van der Waals surface area contributed by atoms with Crippen LogP contribution in [0.4, 0.5) is 0 Å². The zero-order valence-corrected chi connectivity index (χ0v) is 13.9. The van der Waals surface area contributed by atoms with E-state index in [0.717, 1.165) is 0 Å². The fourth-order valence-corrected chi connectivity index (χ4v) is 3.13. The zero-order chi connectivity index (χ0) is 16.1. The number of hydrogen-bond donors (Lipinski definition) is 0. The van der Waals surface area contributed by atoms with E-state index in [0.29, 0.717) is 43.5 Å². The molecule has 4 rings (SSSR count). The van der Waals surface area contributed by atoms with Crippen molar-refractivity contribution in [1.29, 1.82) is 0 Å². The summed E-state index contributed by atoms with van der Waals surface area (Å²) in [6.45, 7) is 0. The molecule has 0 saturated heterocycles. The number of halogens is 1. The largest absolute Gasteiger partial charge is 0.497 e. The minimum atomic E-state index is -0.217. The molecule has 6 heteroatoms. The lowest BCUT2D eigenvalue weighted by Crippen LogP contribution is -2.00. The molecule has 0 aliphatic carbocycles. The van der Waals surface area contributed by atoms with Gasteiger partial charge in [0, 0.05) is 6.07 Å². The molecule has 2 aromatic carbocycles. The monoisotopic (exact) mass is 374 g/mol. The summed E-state index contributed by atoms with van der Waals surface area (Å²) in [5, 5.41) is 1.12. The van der Waals surface area contributed by atoms with Gasteiger partial charge in [0.15, 0.2) is 11.2 Å². The second kappa shape index (κ2) is 5.03. The molecule has 0 saturated carbocycles. The van der Waals surface area contributed by atoms with Gasteiger partial charge in [-0.25, -0.2) is 0 Å². The molecule has 23 heavy (non-hydrogen) atoms. The third-order valence-corrected chi connectivity index (χ3v) is 4.35. The minimum Gasteiger partial charge on any atom is -0.497 e. The number of benzene rings is 2. The molecule has 0 radical (unpaired) electrons.